The van der Waals surface area contributed by atoms with Crippen LogP contribution >= 0.6 is 34.5 Å². The number of hydrogen-bond donors (Lipinski definition) is 0. The van der Waals surface area contributed by atoms with Gasteiger partial charge in [-0.15, -0.1) is 0 Å². The lowest BCUT2D eigenvalue weighted by molar-refractivity contribution is -0.120. The molecule has 0 spiro atoms. The van der Waals surface area contributed by atoms with E-state index in [4.69, 9.17) is 32.7 Å². The molecule has 1 atom stereocenters. The Kier molecular flexibility index (Phi) is 6.93. The number of aromatic nitrogens is 1. The van der Waals surface area contributed by atoms with E-state index in [-0.39, 0.29) is 24.4 Å². The van der Waals surface area contributed by atoms with Gasteiger partial charge in [0, 0.05) is 18.6 Å². The predicted octanol–water partition coefficient (Wildman–Crippen LogP) is 4.55. The molecule has 6 nitrogen and oxygen atoms in total. The number of ether oxygens (including phenoxy) is 2. The smallest absolute Gasteiger partial charge is 0.266 e. The molecular weight excluding hydrogens is 423 g/mol. The summed E-state index contributed by atoms with van der Waals surface area (Å²) in [6, 6.07) is 4.81. The Bertz CT molecular complexity index is 881. The second kappa shape index (κ2) is 9.22. The zero-order valence-electron chi connectivity index (χ0n) is 15.5. The van der Waals surface area contributed by atoms with Crippen molar-refractivity contribution in [3.63, 3.8) is 0 Å². The minimum Gasteiger partial charge on any atom is -0.482 e. The highest BCUT2D eigenvalue weighted by atomic mass is 35.5. The Balaban J connectivity index is 1.78. The van der Waals surface area contributed by atoms with Gasteiger partial charge in [-0.05, 0) is 38.0 Å². The third kappa shape index (κ3) is 5.03. The third-order valence-corrected chi connectivity index (χ3v) is 6.10. The zero-order chi connectivity index (χ0) is 20.3. The van der Waals surface area contributed by atoms with Crippen molar-refractivity contribution in [3.8, 4) is 5.75 Å². The van der Waals surface area contributed by atoms with Crippen LogP contribution < -0.4 is 9.64 Å². The highest BCUT2D eigenvalue weighted by Gasteiger charge is 2.27. The summed E-state index contributed by atoms with van der Waals surface area (Å²) < 4.78 is 11.3. The van der Waals surface area contributed by atoms with Gasteiger partial charge in [-0.1, -0.05) is 34.5 Å². The van der Waals surface area contributed by atoms with Gasteiger partial charge < -0.3 is 9.47 Å². The fraction of sp³-hybridized carbons (Fsp3) is 0.421. The summed E-state index contributed by atoms with van der Waals surface area (Å²) in [5, 5.41) is 1.28. The van der Waals surface area contributed by atoms with Gasteiger partial charge in [0.1, 0.15) is 5.75 Å². The molecule has 3 rings (SSSR count). The molecular formula is C19H20Cl2N2O4S. The lowest BCUT2D eigenvalue weighted by Gasteiger charge is -2.23. The Morgan fingerprint density at radius 3 is 2.79 bits per heavy atom. The van der Waals surface area contributed by atoms with Crippen molar-refractivity contribution in [3.05, 3.63) is 38.8 Å². The largest absolute Gasteiger partial charge is 0.482 e. The summed E-state index contributed by atoms with van der Waals surface area (Å²) in [5.74, 6) is 0.0107. The van der Waals surface area contributed by atoms with Crippen LogP contribution in [-0.2, 0) is 9.53 Å². The predicted molar refractivity (Wildman–Crippen MR) is 110 cm³/mol. The summed E-state index contributed by atoms with van der Waals surface area (Å²) in [6.07, 6.45) is 1.77. The number of amides is 1. The van der Waals surface area contributed by atoms with Gasteiger partial charge in [-0.3, -0.25) is 14.5 Å². The van der Waals surface area contributed by atoms with Crippen LogP contribution in [0.2, 0.25) is 10.0 Å². The molecule has 1 aromatic heterocycles. The van der Waals surface area contributed by atoms with Crippen LogP contribution in [0.5, 0.6) is 5.75 Å². The van der Waals surface area contributed by atoms with Gasteiger partial charge in [-0.25, -0.2) is 4.98 Å². The first-order valence-corrected chi connectivity index (χ1v) is 10.4. The molecule has 2 heterocycles. The van der Waals surface area contributed by atoms with Crippen molar-refractivity contribution in [2.75, 3.05) is 24.7 Å². The number of hydrogen-bond acceptors (Lipinski definition) is 6. The summed E-state index contributed by atoms with van der Waals surface area (Å²) >= 11 is 13.2. The van der Waals surface area contributed by atoms with E-state index in [2.05, 4.69) is 4.98 Å². The van der Waals surface area contributed by atoms with Crippen LogP contribution in [0.1, 0.15) is 35.1 Å². The van der Waals surface area contributed by atoms with Crippen molar-refractivity contribution in [1.29, 1.82) is 0 Å². The quantitative estimate of drug-likeness (QED) is 0.588. The van der Waals surface area contributed by atoms with Crippen molar-refractivity contribution < 1.29 is 19.1 Å². The number of anilines is 1. The SMILES string of the molecule is CC(=O)c1sc(N(C[C@@H]2CCCO2)C(=O)COc2ccc(Cl)cc2Cl)nc1C. The Morgan fingerprint density at radius 1 is 1.39 bits per heavy atom. The summed E-state index contributed by atoms with van der Waals surface area (Å²) in [5.41, 5.74) is 0.610. The van der Waals surface area contributed by atoms with E-state index in [1.54, 1.807) is 25.1 Å². The molecule has 1 aromatic carbocycles. The monoisotopic (exact) mass is 442 g/mol. The molecule has 0 radical (unpaired) electrons. The number of benzene rings is 1. The number of aryl methyl sites for hydroxylation is 1. The lowest BCUT2D eigenvalue weighted by atomic mass is 10.2. The summed E-state index contributed by atoms with van der Waals surface area (Å²) in [6.45, 7) is 4.07. The summed E-state index contributed by atoms with van der Waals surface area (Å²) in [7, 11) is 0. The van der Waals surface area contributed by atoms with E-state index in [0.717, 1.165) is 12.8 Å². The molecule has 2 aromatic rings. The van der Waals surface area contributed by atoms with Crippen molar-refractivity contribution >= 4 is 51.4 Å². The molecule has 28 heavy (non-hydrogen) atoms. The molecule has 1 aliphatic rings. The standard InChI is InChI=1S/C19H20Cl2N2O4S/c1-11-18(12(2)24)28-19(22-11)23(9-14-4-3-7-26-14)17(25)10-27-16-6-5-13(20)8-15(16)21/h5-6,8,14H,3-4,7,9-10H2,1-2H3/t14-/m0/s1. The average molecular weight is 443 g/mol. The fourth-order valence-corrected chi connectivity index (χ4v) is 4.36. The van der Waals surface area contributed by atoms with Crippen LogP contribution in [0.3, 0.4) is 0 Å². The van der Waals surface area contributed by atoms with Crippen molar-refractivity contribution in [2.24, 2.45) is 0 Å². The van der Waals surface area contributed by atoms with Crippen molar-refractivity contribution in [2.45, 2.75) is 32.8 Å². The Labute approximate surface area is 177 Å². The van der Waals surface area contributed by atoms with E-state index in [9.17, 15) is 9.59 Å². The number of rotatable bonds is 7. The maximum absolute atomic E-state index is 12.9. The van der Waals surface area contributed by atoms with Gasteiger partial charge in [0.2, 0.25) is 0 Å². The van der Waals surface area contributed by atoms with Crippen molar-refractivity contribution in [1.82, 2.24) is 4.98 Å². The molecule has 0 N–H and O–H groups in total. The van der Waals surface area contributed by atoms with Crippen LogP contribution in [0, 0.1) is 6.92 Å². The average Bonchev–Trinajstić information content (AvgIpc) is 3.28. The normalized spacial score (nSPS) is 16.2. The number of nitrogens with zero attached hydrogens (tertiary/aromatic N) is 2. The molecule has 1 fully saturated rings. The maximum Gasteiger partial charge on any atom is 0.266 e. The minimum atomic E-state index is -0.287. The minimum absolute atomic E-state index is 0.0620. The first kappa shape index (κ1) is 21.0. The van der Waals surface area contributed by atoms with Crippen LogP contribution in [-0.4, -0.2) is 42.5 Å². The molecule has 150 valence electrons. The third-order valence-electron chi connectivity index (χ3n) is 4.29. The van der Waals surface area contributed by atoms with E-state index in [1.807, 2.05) is 0 Å². The van der Waals surface area contributed by atoms with Gasteiger partial charge >= 0.3 is 0 Å². The molecule has 9 heteroatoms. The second-order valence-electron chi connectivity index (χ2n) is 6.47. The second-order valence-corrected chi connectivity index (χ2v) is 8.29. The van der Waals surface area contributed by atoms with Crippen LogP contribution in [0.4, 0.5) is 5.13 Å². The first-order chi connectivity index (χ1) is 13.3. The number of carbonyl (C=O) groups is 2. The van der Waals surface area contributed by atoms with E-state index in [0.29, 0.717) is 44.6 Å². The topological polar surface area (TPSA) is 68.7 Å². The number of Topliss-reactive ketones (excluding diaryl/α,β-unsaturated/α-hetero) is 1. The van der Waals surface area contributed by atoms with E-state index in [1.165, 1.54) is 23.2 Å². The summed E-state index contributed by atoms with van der Waals surface area (Å²) in [4.78, 5) is 31.2. The number of halogens is 2. The van der Waals surface area contributed by atoms with Gasteiger partial charge in [-0.2, -0.15) is 0 Å². The highest BCUT2D eigenvalue weighted by molar-refractivity contribution is 7.17. The Morgan fingerprint density at radius 2 is 2.18 bits per heavy atom. The van der Waals surface area contributed by atoms with E-state index < -0.39 is 0 Å². The molecule has 0 bridgehead atoms. The zero-order valence-corrected chi connectivity index (χ0v) is 17.9. The highest BCUT2D eigenvalue weighted by Crippen LogP contribution is 2.30. The molecule has 0 saturated carbocycles. The molecule has 1 aliphatic heterocycles. The Hall–Kier alpha value is -1.67. The maximum atomic E-state index is 12.9. The lowest BCUT2D eigenvalue weighted by Crippen LogP contribution is -2.40. The van der Waals surface area contributed by atoms with Gasteiger partial charge in [0.15, 0.2) is 17.5 Å². The molecule has 1 saturated heterocycles. The molecule has 0 unspecified atom stereocenters. The molecule has 1 amide bonds. The number of thiazole rings is 1. The van der Waals surface area contributed by atoms with E-state index >= 15 is 0 Å². The van der Waals surface area contributed by atoms with Crippen LogP contribution in [0.15, 0.2) is 18.2 Å². The van der Waals surface area contributed by atoms with Crippen LogP contribution in [0.25, 0.3) is 0 Å². The molecule has 0 aliphatic carbocycles. The van der Waals surface area contributed by atoms with Gasteiger partial charge in [0.25, 0.3) is 5.91 Å². The fourth-order valence-electron chi connectivity index (χ4n) is 2.91. The first-order valence-electron chi connectivity index (χ1n) is 8.83. The number of carbonyl (C=O) groups excluding carboxylic acids is 2. The number of ketones is 1. The van der Waals surface area contributed by atoms with Gasteiger partial charge in [0.05, 0.1) is 28.2 Å².